The fourth-order valence-electron chi connectivity index (χ4n) is 3.38. The molecule has 0 aliphatic heterocycles. The van der Waals surface area contributed by atoms with Crippen LogP contribution in [0.3, 0.4) is 0 Å². The highest BCUT2D eigenvalue weighted by atomic mass is 16.5. The van der Waals surface area contributed by atoms with Crippen molar-refractivity contribution in [1.82, 2.24) is 0 Å². The van der Waals surface area contributed by atoms with Crippen LogP contribution in [0, 0.1) is 11.8 Å². The summed E-state index contributed by atoms with van der Waals surface area (Å²) in [5.41, 5.74) is 3.01. The minimum atomic E-state index is -0.811. The second-order valence-electron chi connectivity index (χ2n) is 7.11. The molecule has 0 aromatic heterocycles. The van der Waals surface area contributed by atoms with E-state index in [0.717, 1.165) is 0 Å². The van der Waals surface area contributed by atoms with Crippen molar-refractivity contribution in [3.63, 3.8) is 0 Å². The number of benzene rings is 1. The molecule has 1 aromatic carbocycles. The van der Waals surface area contributed by atoms with Gasteiger partial charge in [-0.25, -0.2) is 0 Å². The molecule has 6 heteroatoms. The molecule has 2 rings (SSSR count). The topological polar surface area (TPSA) is 96.2 Å². The number of ether oxygens (including phenoxy) is 2. The van der Waals surface area contributed by atoms with Crippen molar-refractivity contribution in [2.75, 3.05) is 13.7 Å². The summed E-state index contributed by atoms with van der Waals surface area (Å²) < 4.78 is 10.1. The molecule has 1 fully saturated rings. The van der Waals surface area contributed by atoms with Gasteiger partial charge in [0.1, 0.15) is 18.5 Å². The van der Waals surface area contributed by atoms with E-state index in [1.165, 1.54) is 7.11 Å². The summed E-state index contributed by atoms with van der Waals surface area (Å²) in [6.07, 6.45) is 6.52. The van der Waals surface area contributed by atoms with E-state index < -0.39 is 18.3 Å². The Kier molecular flexibility index (Phi) is 9.68. The number of carbonyl (C=O) groups excluding carboxylic acids is 1. The van der Waals surface area contributed by atoms with Crippen molar-refractivity contribution in [2.45, 2.75) is 44.0 Å². The van der Waals surface area contributed by atoms with Crippen LogP contribution in [0.15, 0.2) is 60.4 Å². The molecule has 5 atom stereocenters. The SMILES string of the molecule is COC(=O)CCC=C=CC[C@@H]1[C@@H](/C=C/[C@@H](O)COc2ccccc2)[C@H](O)C[C@@H]1O. The van der Waals surface area contributed by atoms with Gasteiger partial charge in [0.15, 0.2) is 0 Å². The lowest BCUT2D eigenvalue weighted by molar-refractivity contribution is -0.140. The molecule has 1 aromatic rings. The average Bonchev–Trinajstić information content (AvgIpc) is 3.00. The standard InChI is InChI=1S/C23H30O6/c1-28-23(27)12-8-3-2-7-11-19-20(22(26)15-21(19)25)14-13-17(24)16-29-18-9-5-4-6-10-18/h3-7,9-10,13-14,17,19-22,24-26H,8,11-12,15-16H2,1H3/b14-13+/t2?,17-,19-,20-,21+,22-/m1/s1. The molecule has 0 spiro atoms. The largest absolute Gasteiger partial charge is 0.491 e. The molecule has 29 heavy (non-hydrogen) atoms. The Hall–Kier alpha value is -2.37. The van der Waals surface area contributed by atoms with Gasteiger partial charge in [-0.2, -0.15) is 0 Å². The van der Waals surface area contributed by atoms with E-state index in [9.17, 15) is 20.1 Å². The van der Waals surface area contributed by atoms with Crippen LogP contribution in [-0.2, 0) is 9.53 Å². The van der Waals surface area contributed by atoms with Crippen LogP contribution in [0.1, 0.15) is 25.7 Å². The zero-order chi connectivity index (χ0) is 21.1. The van der Waals surface area contributed by atoms with Gasteiger partial charge in [0.2, 0.25) is 0 Å². The Labute approximate surface area is 171 Å². The third kappa shape index (κ3) is 7.87. The van der Waals surface area contributed by atoms with Crippen molar-refractivity contribution in [3.8, 4) is 5.75 Å². The third-order valence-corrected chi connectivity index (χ3v) is 4.98. The van der Waals surface area contributed by atoms with Gasteiger partial charge < -0.3 is 24.8 Å². The molecule has 158 valence electrons. The maximum Gasteiger partial charge on any atom is 0.305 e. The predicted molar refractivity (Wildman–Crippen MR) is 109 cm³/mol. The van der Waals surface area contributed by atoms with Gasteiger partial charge in [-0.3, -0.25) is 4.79 Å². The highest BCUT2D eigenvalue weighted by Gasteiger charge is 2.39. The quantitative estimate of drug-likeness (QED) is 0.316. The van der Waals surface area contributed by atoms with Gasteiger partial charge in [0.25, 0.3) is 0 Å². The van der Waals surface area contributed by atoms with Gasteiger partial charge in [-0.05, 0) is 43.0 Å². The van der Waals surface area contributed by atoms with Crippen LogP contribution in [0.5, 0.6) is 5.75 Å². The second-order valence-corrected chi connectivity index (χ2v) is 7.11. The van der Waals surface area contributed by atoms with Crippen LogP contribution in [0.2, 0.25) is 0 Å². The lowest BCUT2D eigenvalue weighted by Crippen LogP contribution is -2.21. The molecule has 3 N–H and O–H groups in total. The molecule has 6 nitrogen and oxygen atoms in total. The van der Waals surface area contributed by atoms with Gasteiger partial charge in [-0.1, -0.05) is 30.4 Å². The highest BCUT2D eigenvalue weighted by Crippen LogP contribution is 2.36. The van der Waals surface area contributed by atoms with Crippen LogP contribution in [-0.4, -0.2) is 53.3 Å². The summed E-state index contributed by atoms with van der Waals surface area (Å²) in [6, 6.07) is 9.23. The molecule has 0 radical (unpaired) electrons. The van der Waals surface area contributed by atoms with E-state index in [1.54, 1.807) is 24.3 Å². The highest BCUT2D eigenvalue weighted by molar-refractivity contribution is 5.69. The minimum absolute atomic E-state index is 0.110. The number of carbonyl (C=O) groups is 1. The fourth-order valence-corrected chi connectivity index (χ4v) is 3.38. The maximum absolute atomic E-state index is 11.1. The average molecular weight is 402 g/mol. The van der Waals surface area contributed by atoms with Gasteiger partial charge >= 0.3 is 5.97 Å². The number of esters is 1. The zero-order valence-corrected chi connectivity index (χ0v) is 16.7. The molecule has 0 amide bonds. The van der Waals surface area contributed by atoms with Gasteiger partial charge in [-0.15, -0.1) is 5.73 Å². The lowest BCUT2D eigenvalue weighted by Gasteiger charge is -2.19. The molecule has 0 heterocycles. The van der Waals surface area contributed by atoms with Gasteiger partial charge in [0, 0.05) is 18.8 Å². The number of rotatable bonds is 10. The number of allylic oxidation sites excluding steroid dienone is 1. The first kappa shape index (κ1) is 22.9. The minimum Gasteiger partial charge on any atom is -0.491 e. The first-order valence-corrected chi connectivity index (χ1v) is 9.87. The number of hydrogen-bond acceptors (Lipinski definition) is 6. The van der Waals surface area contributed by atoms with Crippen molar-refractivity contribution < 1.29 is 29.6 Å². The van der Waals surface area contributed by atoms with E-state index in [1.807, 2.05) is 30.3 Å². The number of para-hydroxylation sites is 1. The maximum atomic E-state index is 11.1. The van der Waals surface area contributed by atoms with Gasteiger partial charge in [0.05, 0.1) is 19.3 Å². The molecule has 1 saturated carbocycles. The summed E-state index contributed by atoms with van der Waals surface area (Å²) in [7, 11) is 1.35. The fraction of sp³-hybridized carbons (Fsp3) is 0.478. The molecule has 1 aliphatic rings. The van der Waals surface area contributed by atoms with E-state index in [2.05, 4.69) is 10.5 Å². The Morgan fingerprint density at radius 3 is 2.72 bits per heavy atom. The second kappa shape index (κ2) is 12.2. The number of aliphatic hydroxyl groups is 3. The number of hydrogen-bond donors (Lipinski definition) is 3. The summed E-state index contributed by atoms with van der Waals surface area (Å²) in [5, 5.41) is 30.6. The summed E-state index contributed by atoms with van der Waals surface area (Å²) in [6.45, 7) is 0.110. The van der Waals surface area contributed by atoms with E-state index in [0.29, 0.717) is 31.4 Å². The monoisotopic (exact) mass is 402 g/mol. The summed E-state index contributed by atoms with van der Waals surface area (Å²) >= 11 is 0. The molecule has 0 saturated heterocycles. The van der Waals surface area contributed by atoms with E-state index >= 15 is 0 Å². The van der Waals surface area contributed by atoms with Crippen molar-refractivity contribution in [3.05, 3.63) is 60.4 Å². The normalized spacial score (nSPS) is 24.7. The molecule has 0 unspecified atom stereocenters. The van der Waals surface area contributed by atoms with Crippen LogP contribution >= 0.6 is 0 Å². The van der Waals surface area contributed by atoms with Crippen LogP contribution in [0.25, 0.3) is 0 Å². The first-order valence-electron chi connectivity index (χ1n) is 9.87. The summed E-state index contributed by atoms with van der Waals surface area (Å²) in [5.74, 6) is -0.00911. The number of methoxy groups -OCH3 is 1. The third-order valence-electron chi connectivity index (χ3n) is 4.98. The zero-order valence-electron chi connectivity index (χ0n) is 16.7. The summed E-state index contributed by atoms with van der Waals surface area (Å²) in [4.78, 5) is 11.1. The predicted octanol–water partition coefficient (Wildman–Crippen LogP) is 2.40. The van der Waals surface area contributed by atoms with Crippen LogP contribution in [0.4, 0.5) is 0 Å². The molecule has 1 aliphatic carbocycles. The van der Waals surface area contributed by atoms with E-state index in [-0.39, 0.29) is 24.4 Å². The smallest absolute Gasteiger partial charge is 0.305 e. The Morgan fingerprint density at radius 1 is 1.24 bits per heavy atom. The Balaban J connectivity index is 1.85. The first-order chi connectivity index (χ1) is 14.0. The lowest BCUT2D eigenvalue weighted by atomic mass is 9.90. The van der Waals surface area contributed by atoms with E-state index in [4.69, 9.17) is 4.74 Å². The molecule has 0 bridgehead atoms. The van der Waals surface area contributed by atoms with Crippen LogP contribution < -0.4 is 4.74 Å². The van der Waals surface area contributed by atoms with Crippen molar-refractivity contribution in [1.29, 1.82) is 0 Å². The molecular formula is C23H30O6. The number of aliphatic hydroxyl groups excluding tert-OH is 3. The van der Waals surface area contributed by atoms with Crippen molar-refractivity contribution >= 4 is 5.97 Å². The Bertz CT molecular complexity index is 707. The van der Waals surface area contributed by atoms with Crippen molar-refractivity contribution in [2.24, 2.45) is 11.8 Å². The molecular weight excluding hydrogens is 372 g/mol. The Morgan fingerprint density at radius 2 is 2.00 bits per heavy atom.